The van der Waals surface area contributed by atoms with Crippen LogP contribution in [-0.4, -0.2) is 39.1 Å². The second-order valence-electron chi connectivity index (χ2n) is 6.64. The van der Waals surface area contributed by atoms with Gasteiger partial charge in [0.1, 0.15) is 11.5 Å². The van der Waals surface area contributed by atoms with Gasteiger partial charge in [0.2, 0.25) is 0 Å². The molecule has 0 N–H and O–H groups in total. The Morgan fingerprint density at radius 2 is 1.43 bits per heavy atom. The number of benzene rings is 1. The molecule has 0 unspecified atom stereocenters. The van der Waals surface area contributed by atoms with Crippen LogP contribution in [0.3, 0.4) is 0 Å². The fraction of sp³-hybridized carbons (Fsp3) is 0.647. The van der Waals surface area contributed by atoms with Crippen molar-refractivity contribution in [3.05, 3.63) is 17.7 Å². The molecule has 1 aromatic carbocycles. The summed E-state index contributed by atoms with van der Waals surface area (Å²) in [4.78, 5) is 0. The highest BCUT2D eigenvalue weighted by molar-refractivity contribution is 6.64. The standard InChI is InChI=1S/C17H27BO5/c1-8-21-11-12-9-13(19-6)15(14(10-12)20-7)18-22-16(2,3)17(4,5)23-18/h9-10H,8,11H2,1-7H3. The highest BCUT2D eigenvalue weighted by atomic mass is 16.7. The molecule has 0 aromatic heterocycles. The fourth-order valence-electron chi connectivity index (χ4n) is 2.49. The van der Waals surface area contributed by atoms with Crippen LogP contribution in [0.15, 0.2) is 12.1 Å². The van der Waals surface area contributed by atoms with E-state index in [1.54, 1.807) is 14.2 Å². The third kappa shape index (κ3) is 3.49. The lowest BCUT2D eigenvalue weighted by Gasteiger charge is -2.32. The Morgan fingerprint density at radius 1 is 0.957 bits per heavy atom. The van der Waals surface area contributed by atoms with E-state index in [0.29, 0.717) is 24.7 Å². The van der Waals surface area contributed by atoms with Crippen LogP contribution in [0.1, 0.15) is 40.2 Å². The highest BCUT2D eigenvalue weighted by Crippen LogP contribution is 2.38. The monoisotopic (exact) mass is 322 g/mol. The Kier molecular flexibility index (Phi) is 5.28. The predicted octanol–water partition coefficient (Wildman–Crippen LogP) is 2.54. The minimum Gasteiger partial charge on any atom is -0.497 e. The van der Waals surface area contributed by atoms with E-state index in [1.165, 1.54) is 0 Å². The van der Waals surface area contributed by atoms with Gasteiger partial charge in [0.15, 0.2) is 0 Å². The van der Waals surface area contributed by atoms with E-state index in [-0.39, 0.29) is 0 Å². The number of ether oxygens (including phenoxy) is 3. The molecule has 23 heavy (non-hydrogen) atoms. The van der Waals surface area contributed by atoms with Crippen LogP contribution in [-0.2, 0) is 20.7 Å². The van der Waals surface area contributed by atoms with Gasteiger partial charge >= 0.3 is 7.12 Å². The second kappa shape index (κ2) is 6.71. The van der Waals surface area contributed by atoms with Crippen molar-refractivity contribution in [2.24, 2.45) is 0 Å². The molecular weight excluding hydrogens is 295 g/mol. The van der Waals surface area contributed by atoms with Gasteiger partial charge < -0.3 is 23.5 Å². The highest BCUT2D eigenvalue weighted by Gasteiger charge is 2.53. The van der Waals surface area contributed by atoms with E-state index in [1.807, 2.05) is 46.8 Å². The van der Waals surface area contributed by atoms with Crippen LogP contribution in [0.5, 0.6) is 11.5 Å². The normalized spacial score (nSPS) is 19.0. The number of rotatable bonds is 6. The molecule has 1 aromatic rings. The summed E-state index contributed by atoms with van der Waals surface area (Å²) in [6.45, 7) is 11.2. The van der Waals surface area contributed by atoms with Gasteiger partial charge in [-0.1, -0.05) is 0 Å². The van der Waals surface area contributed by atoms with Crippen molar-refractivity contribution in [3.8, 4) is 11.5 Å². The first-order chi connectivity index (χ1) is 10.8. The molecule has 0 aliphatic carbocycles. The molecule has 0 spiro atoms. The second-order valence-corrected chi connectivity index (χ2v) is 6.64. The zero-order chi connectivity index (χ0) is 17.3. The molecule has 0 atom stereocenters. The van der Waals surface area contributed by atoms with E-state index < -0.39 is 18.3 Å². The molecule has 128 valence electrons. The summed E-state index contributed by atoms with van der Waals surface area (Å²) in [7, 11) is 2.73. The maximum Gasteiger partial charge on any atom is 0.502 e. The molecule has 1 heterocycles. The van der Waals surface area contributed by atoms with Crippen molar-refractivity contribution in [1.29, 1.82) is 0 Å². The van der Waals surface area contributed by atoms with E-state index in [4.69, 9.17) is 23.5 Å². The van der Waals surface area contributed by atoms with Gasteiger partial charge in [-0.3, -0.25) is 0 Å². The van der Waals surface area contributed by atoms with Crippen molar-refractivity contribution in [2.45, 2.75) is 52.4 Å². The topological polar surface area (TPSA) is 46.2 Å². The molecule has 0 amide bonds. The lowest BCUT2D eigenvalue weighted by molar-refractivity contribution is 0.00578. The van der Waals surface area contributed by atoms with Crippen LogP contribution >= 0.6 is 0 Å². The summed E-state index contributed by atoms with van der Waals surface area (Å²) in [5.74, 6) is 1.36. The van der Waals surface area contributed by atoms with Crippen molar-refractivity contribution in [3.63, 3.8) is 0 Å². The molecule has 1 aliphatic heterocycles. The van der Waals surface area contributed by atoms with Gasteiger partial charge in [0.05, 0.1) is 37.5 Å². The summed E-state index contributed by atoms with van der Waals surface area (Å²) in [6, 6.07) is 3.89. The number of hydrogen-bond acceptors (Lipinski definition) is 5. The van der Waals surface area contributed by atoms with E-state index >= 15 is 0 Å². The Bertz CT molecular complexity index is 515. The first-order valence-electron chi connectivity index (χ1n) is 7.94. The number of hydrogen-bond donors (Lipinski definition) is 0. The van der Waals surface area contributed by atoms with Gasteiger partial charge in [-0.05, 0) is 52.3 Å². The van der Waals surface area contributed by atoms with Gasteiger partial charge in [-0.2, -0.15) is 0 Å². The Labute approximate surface area is 139 Å². The molecule has 0 radical (unpaired) electrons. The molecule has 2 rings (SSSR count). The maximum absolute atomic E-state index is 6.14. The molecule has 1 saturated heterocycles. The summed E-state index contributed by atoms with van der Waals surface area (Å²) >= 11 is 0. The minimum atomic E-state index is -0.536. The van der Waals surface area contributed by atoms with Crippen molar-refractivity contribution in [2.75, 3.05) is 20.8 Å². The largest absolute Gasteiger partial charge is 0.502 e. The van der Waals surface area contributed by atoms with Crippen molar-refractivity contribution < 1.29 is 23.5 Å². The van der Waals surface area contributed by atoms with Crippen LogP contribution < -0.4 is 14.9 Å². The molecule has 0 saturated carbocycles. The van der Waals surface area contributed by atoms with Crippen LogP contribution in [0.25, 0.3) is 0 Å². The summed E-state index contributed by atoms with van der Waals surface area (Å²) in [6.07, 6.45) is 0. The van der Waals surface area contributed by atoms with Gasteiger partial charge in [0, 0.05) is 6.61 Å². The Balaban J connectivity index is 2.42. The molecular formula is C17H27BO5. The Hall–Kier alpha value is -1.24. The summed E-state index contributed by atoms with van der Waals surface area (Å²) in [5, 5.41) is 0. The molecule has 6 heteroatoms. The third-order valence-corrected chi connectivity index (χ3v) is 4.57. The molecule has 1 fully saturated rings. The maximum atomic E-state index is 6.14. The van der Waals surface area contributed by atoms with Crippen LogP contribution in [0.2, 0.25) is 0 Å². The van der Waals surface area contributed by atoms with Crippen molar-refractivity contribution >= 4 is 12.6 Å². The fourth-order valence-corrected chi connectivity index (χ4v) is 2.49. The molecule has 0 bridgehead atoms. The van der Waals surface area contributed by atoms with Crippen LogP contribution in [0.4, 0.5) is 0 Å². The van der Waals surface area contributed by atoms with Crippen molar-refractivity contribution in [1.82, 2.24) is 0 Å². The van der Waals surface area contributed by atoms with Gasteiger partial charge in [0.25, 0.3) is 0 Å². The first-order valence-corrected chi connectivity index (χ1v) is 7.94. The lowest BCUT2D eigenvalue weighted by Crippen LogP contribution is -2.41. The summed E-state index contributed by atoms with van der Waals surface area (Å²) < 4.78 is 28.9. The SMILES string of the molecule is CCOCc1cc(OC)c(B2OC(C)(C)C(C)(C)O2)c(OC)c1. The smallest absolute Gasteiger partial charge is 0.497 e. The molecule has 5 nitrogen and oxygen atoms in total. The zero-order valence-corrected chi connectivity index (χ0v) is 15.2. The first kappa shape index (κ1) is 18.1. The lowest BCUT2D eigenvalue weighted by atomic mass is 9.77. The van der Waals surface area contributed by atoms with E-state index in [0.717, 1.165) is 11.0 Å². The third-order valence-electron chi connectivity index (χ3n) is 4.57. The van der Waals surface area contributed by atoms with E-state index in [9.17, 15) is 0 Å². The van der Waals surface area contributed by atoms with Gasteiger partial charge in [-0.15, -0.1) is 0 Å². The molecule has 1 aliphatic rings. The average Bonchev–Trinajstić information content (AvgIpc) is 2.71. The predicted molar refractivity (Wildman–Crippen MR) is 90.6 cm³/mol. The van der Waals surface area contributed by atoms with Crippen LogP contribution in [0, 0.1) is 0 Å². The quantitative estimate of drug-likeness (QED) is 0.753. The Morgan fingerprint density at radius 3 is 1.83 bits per heavy atom. The number of methoxy groups -OCH3 is 2. The zero-order valence-electron chi connectivity index (χ0n) is 15.2. The van der Waals surface area contributed by atoms with E-state index in [2.05, 4.69) is 0 Å². The summed E-state index contributed by atoms with van der Waals surface area (Å²) in [5.41, 5.74) is 0.921. The van der Waals surface area contributed by atoms with Gasteiger partial charge in [-0.25, -0.2) is 0 Å². The minimum absolute atomic E-state index is 0.419. The average molecular weight is 322 g/mol.